The van der Waals surface area contributed by atoms with Crippen LogP contribution in [0.4, 0.5) is 5.82 Å². The highest BCUT2D eigenvalue weighted by Gasteiger charge is 2.12. The molecule has 0 radical (unpaired) electrons. The monoisotopic (exact) mass is 220 g/mol. The molecule has 0 aliphatic heterocycles. The fourth-order valence-corrected chi connectivity index (χ4v) is 1.27. The molecule has 0 fully saturated rings. The quantitative estimate of drug-likeness (QED) is 0.561. The molecule has 1 aromatic heterocycles. The summed E-state index contributed by atoms with van der Waals surface area (Å²) in [4.78, 5) is 11.6. The lowest BCUT2D eigenvalue weighted by atomic mass is 10.2. The number of hydrogen-bond acceptors (Lipinski definition) is 3. The number of aromatic nitrogens is 2. The van der Waals surface area contributed by atoms with Gasteiger partial charge < -0.3 is 11.1 Å². The summed E-state index contributed by atoms with van der Waals surface area (Å²) < 4.78 is 1.47. The third-order valence-corrected chi connectivity index (χ3v) is 2.26. The molecule has 1 aromatic rings. The second-order valence-corrected chi connectivity index (χ2v) is 3.48. The van der Waals surface area contributed by atoms with Gasteiger partial charge in [0.05, 0.1) is 6.20 Å². The average molecular weight is 220 g/mol. The molecular formula is C11H16N4O. The Morgan fingerprint density at radius 3 is 3.00 bits per heavy atom. The first-order valence-corrected chi connectivity index (χ1v) is 5.16. The summed E-state index contributed by atoms with van der Waals surface area (Å²) in [5, 5.41) is 6.67. The Morgan fingerprint density at radius 2 is 2.44 bits per heavy atom. The van der Waals surface area contributed by atoms with Gasteiger partial charge in [0.1, 0.15) is 11.4 Å². The zero-order valence-corrected chi connectivity index (χ0v) is 9.36. The second kappa shape index (κ2) is 5.81. The fourth-order valence-electron chi connectivity index (χ4n) is 1.27. The van der Waals surface area contributed by atoms with E-state index < -0.39 is 0 Å². The number of nitrogens with zero attached hydrogens (tertiary/aromatic N) is 2. The molecular weight excluding hydrogens is 204 g/mol. The normalized spacial score (nSPS) is 9.75. The Kier molecular flexibility index (Phi) is 4.40. The predicted molar refractivity (Wildman–Crippen MR) is 62.6 cm³/mol. The SMILES string of the molecule is C#CCCCCNC(=O)c1cnn(C)c1N. The van der Waals surface area contributed by atoms with Crippen LogP contribution in [0.3, 0.4) is 0 Å². The first kappa shape index (κ1) is 12.1. The Labute approximate surface area is 95.0 Å². The molecule has 5 nitrogen and oxygen atoms in total. The highest BCUT2D eigenvalue weighted by Crippen LogP contribution is 2.08. The molecule has 0 aromatic carbocycles. The van der Waals surface area contributed by atoms with Crippen LogP contribution in [-0.2, 0) is 7.05 Å². The molecule has 0 bridgehead atoms. The third-order valence-electron chi connectivity index (χ3n) is 2.26. The van der Waals surface area contributed by atoms with Crippen LogP contribution < -0.4 is 11.1 Å². The van der Waals surface area contributed by atoms with Gasteiger partial charge in [-0.2, -0.15) is 5.10 Å². The van der Waals surface area contributed by atoms with Crippen molar-refractivity contribution in [1.82, 2.24) is 15.1 Å². The van der Waals surface area contributed by atoms with E-state index >= 15 is 0 Å². The number of aryl methyl sites for hydroxylation is 1. The van der Waals surface area contributed by atoms with Crippen LogP contribution in [0.2, 0.25) is 0 Å². The maximum Gasteiger partial charge on any atom is 0.256 e. The van der Waals surface area contributed by atoms with Crippen LogP contribution in [0.15, 0.2) is 6.20 Å². The number of amides is 1. The standard InChI is InChI=1S/C11H16N4O/c1-3-4-5-6-7-13-11(16)9-8-14-15(2)10(9)12/h1,8H,4-7,12H2,2H3,(H,13,16). The van der Waals surface area contributed by atoms with Crippen molar-refractivity contribution in [3.8, 4) is 12.3 Å². The highest BCUT2D eigenvalue weighted by atomic mass is 16.1. The lowest BCUT2D eigenvalue weighted by Gasteiger charge is -2.03. The summed E-state index contributed by atoms with van der Waals surface area (Å²) in [6, 6.07) is 0. The van der Waals surface area contributed by atoms with Crippen LogP contribution in [0, 0.1) is 12.3 Å². The largest absolute Gasteiger partial charge is 0.383 e. The van der Waals surface area contributed by atoms with Crippen molar-refractivity contribution in [3.63, 3.8) is 0 Å². The van der Waals surface area contributed by atoms with E-state index in [9.17, 15) is 4.79 Å². The van der Waals surface area contributed by atoms with Gasteiger partial charge in [-0.3, -0.25) is 9.48 Å². The van der Waals surface area contributed by atoms with E-state index in [1.165, 1.54) is 10.9 Å². The molecule has 1 amide bonds. The average Bonchev–Trinajstić information content (AvgIpc) is 2.59. The van der Waals surface area contributed by atoms with E-state index in [2.05, 4.69) is 16.3 Å². The minimum absolute atomic E-state index is 0.189. The van der Waals surface area contributed by atoms with Gasteiger partial charge in [0.2, 0.25) is 0 Å². The van der Waals surface area contributed by atoms with Crippen molar-refractivity contribution in [3.05, 3.63) is 11.8 Å². The number of unbranched alkanes of at least 4 members (excludes halogenated alkanes) is 2. The molecule has 0 saturated heterocycles. The maximum atomic E-state index is 11.6. The van der Waals surface area contributed by atoms with Crippen molar-refractivity contribution in [1.29, 1.82) is 0 Å². The first-order chi connectivity index (χ1) is 7.66. The molecule has 16 heavy (non-hydrogen) atoms. The highest BCUT2D eigenvalue weighted by molar-refractivity contribution is 5.98. The van der Waals surface area contributed by atoms with Crippen molar-refractivity contribution < 1.29 is 4.79 Å². The number of rotatable bonds is 5. The van der Waals surface area contributed by atoms with E-state index in [1.807, 2.05) is 0 Å². The van der Waals surface area contributed by atoms with Gasteiger partial charge in [0, 0.05) is 20.0 Å². The first-order valence-electron chi connectivity index (χ1n) is 5.16. The molecule has 0 atom stereocenters. The summed E-state index contributed by atoms with van der Waals surface area (Å²) in [5.41, 5.74) is 6.08. The molecule has 3 N–H and O–H groups in total. The summed E-state index contributed by atoms with van der Waals surface area (Å²) in [6.45, 7) is 0.606. The van der Waals surface area contributed by atoms with Crippen LogP contribution in [0.25, 0.3) is 0 Å². The zero-order chi connectivity index (χ0) is 12.0. The number of nitrogen functional groups attached to an aromatic ring is 1. The molecule has 1 rings (SSSR count). The van der Waals surface area contributed by atoms with Gasteiger partial charge in [-0.05, 0) is 12.8 Å². The molecule has 0 saturated carbocycles. The molecule has 0 aliphatic rings. The number of hydrogen-bond donors (Lipinski definition) is 2. The minimum atomic E-state index is -0.189. The predicted octanol–water partition coefficient (Wildman–Crippen LogP) is 0.536. The molecule has 0 spiro atoms. The zero-order valence-electron chi connectivity index (χ0n) is 9.36. The van der Waals surface area contributed by atoms with Gasteiger partial charge in [0.25, 0.3) is 5.91 Å². The Balaban J connectivity index is 2.36. The maximum absolute atomic E-state index is 11.6. The lowest BCUT2D eigenvalue weighted by molar-refractivity contribution is 0.0954. The van der Waals surface area contributed by atoms with E-state index in [1.54, 1.807) is 7.05 Å². The van der Waals surface area contributed by atoms with Gasteiger partial charge in [-0.25, -0.2) is 0 Å². The van der Waals surface area contributed by atoms with Crippen molar-refractivity contribution in [2.24, 2.45) is 7.05 Å². The second-order valence-electron chi connectivity index (χ2n) is 3.48. The number of nitrogens with two attached hydrogens (primary N) is 1. The Morgan fingerprint density at radius 1 is 1.69 bits per heavy atom. The van der Waals surface area contributed by atoms with Crippen LogP contribution >= 0.6 is 0 Å². The summed E-state index contributed by atoms with van der Waals surface area (Å²) >= 11 is 0. The topological polar surface area (TPSA) is 72.9 Å². The molecule has 86 valence electrons. The van der Waals surface area contributed by atoms with Gasteiger partial charge in [-0.1, -0.05) is 0 Å². The summed E-state index contributed by atoms with van der Waals surface area (Å²) in [7, 11) is 1.69. The Hall–Kier alpha value is -1.96. The fraction of sp³-hybridized carbons (Fsp3) is 0.455. The number of carbonyl (C=O) groups excluding carboxylic acids is 1. The number of terminal acetylenes is 1. The molecule has 0 aliphatic carbocycles. The Bertz CT molecular complexity index is 403. The molecule has 5 heteroatoms. The van der Waals surface area contributed by atoms with Gasteiger partial charge in [0.15, 0.2) is 0 Å². The lowest BCUT2D eigenvalue weighted by Crippen LogP contribution is -2.25. The summed E-state index contributed by atoms with van der Waals surface area (Å²) in [5.74, 6) is 2.74. The number of carbonyl (C=O) groups is 1. The summed E-state index contributed by atoms with van der Waals surface area (Å²) in [6.07, 6.45) is 9.11. The van der Waals surface area contributed by atoms with E-state index in [4.69, 9.17) is 12.2 Å². The van der Waals surface area contributed by atoms with Crippen molar-refractivity contribution >= 4 is 11.7 Å². The van der Waals surface area contributed by atoms with E-state index in [-0.39, 0.29) is 5.91 Å². The van der Waals surface area contributed by atoms with E-state index in [0.29, 0.717) is 17.9 Å². The smallest absolute Gasteiger partial charge is 0.256 e. The minimum Gasteiger partial charge on any atom is -0.383 e. The van der Waals surface area contributed by atoms with Gasteiger partial charge >= 0.3 is 0 Å². The van der Waals surface area contributed by atoms with Gasteiger partial charge in [-0.15, -0.1) is 12.3 Å². The van der Waals surface area contributed by atoms with Crippen LogP contribution in [0.5, 0.6) is 0 Å². The van der Waals surface area contributed by atoms with Crippen LogP contribution in [0.1, 0.15) is 29.6 Å². The molecule has 0 unspecified atom stereocenters. The molecule has 1 heterocycles. The number of anilines is 1. The van der Waals surface area contributed by atoms with E-state index in [0.717, 1.165) is 19.3 Å². The van der Waals surface area contributed by atoms with Crippen LogP contribution in [-0.4, -0.2) is 22.2 Å². The van der Waals surface area contributed by atoms with Crippen molar-refractivity contribution in [2.45, 2.75) is 19.3 Å². The number of nitrogens with one attached hydrogen (secondary N) is 1. The third kappa shape index (κ3) is 3.02. The van der Waals surface area contributed by atoms with Crippen molar-refractivity contribution in [2.75, 3.05) is 12.3 Å².